The minimum atomic E-state index is 0.179. The van der Waals surface area contributed by atoms with Crippen LogP contribution >= 0.6 is 11.6 Å². The number of unbranched alkanes of at least 4 members (excludes halogenated alkanes) is 3. The van der Waals surface area contributed by atoms with Crippen LogP contribution in [0.3, 0.4) is 0 Å². The fraction of sp³-hybridized carbons (Fsp3) is 0.714. The third-order valence-electron chi connectivity index (χ3n) is 2.87. The van der Waals surface area contributed by atoms with E-state index >= 15 is 0 Å². The number of aromatic nitrogens is 2. The van der Waals surface area contributed by atoms with E-state index in [0.717, 1.165) is 17.8 Å². The van der Waals surface area contributed by atoms with Crippen LogP contribution < -0.4 is 4.74 Å². The van der Waals surface area contributed by atoms with E-state index in [9.17, 15) is 0 Å². The first kappa shape index (κ1) is 15.2. The van der Waals surface area contributed by atoms with Crippen molar-refractivity contribution in [1.29, 1.82) is 0 Å². The molecule has 0 aromatic carbocycles. The third-order valence-corrected chi connectivity index (χ3v) is 3.15. The number of aryl methyl sites for hydroxylation is 1. The highest BCUT2D eigenvalue weighted by Crippen LogP contribution is 2.19. The van der Waals surface area contributed by atoms with Crippen LogP contribution in [0.2, 0.25) is 0 Å². The highest BCUT2D eigenvalue weighted by Gasteiger charge is 2.10. The van der Waals surface area contributed by atoms with Gasteiger partial charge in [-0.3, -0.25) is 0 Å². The van der Waals surface area contributed by atoms with E-state index < -0.39 is 0 Å². The lowest BCUT2D eigenvalue weighted by molar-refractivity contribution is 0.196. The smallest absolute Gasteiger partial charge is 0.221 e. The van der Waals surface area contributed by atoms with Gasteiger partial charge < -0.3 is 4.74 Å². The van der Waals surface area contributed by atoms with Gasteiger partial charge in [-0.05, 0) is 26.7 Å². The molecule has 0 spiro atoms. The van der Waals surface area contributed by atoms with Gasteiger partial charge in [-0.25, -0.2) is 4.98 Å². The fourth-order valence-electron chi connectivity index (χ4n) is 1.78. The van der Waals surface area contributed by atoms with Gasteiger partial charge in [0.2, 0.25) is 5.88 Å². The van der Waals surface area contributed by atoms with Crippen LogP contribution in [-0.4, -0.2) is 16.1 Å². The highest BCUT2D eigenvalue weighted by atomic mass is 35.5. The molecule has 18 heavy (non-hydrogen) atoms. The lowest BCUT2D eigenvalue weighted by Crippen LogP contribution is -2.14. The van der Waals surface area contributed by atoms with Gasteiger partial charge in [-0.2, -0.15) is 4.98 Å². The lowest BCUT2D eigenvalue weighted by atomic mass is 10.1. The Morgan fingerprint density at radius 3 is 2.78 bits per heavy atom. The second-order valence-corrected chi connectivity index (χ2v) is 4.93. The Hall–Kier alpha value is -0.830. The van der Waals surface area contributed by atoms with E-state index in [2.05, 4.69) is 23.8 Å². The number of nitrogens with zero attached hydrogens (tertiary/aromatic N) is 2. The minimum Gasteiger partial charge on any atom is -0.474 e. The van der Waals surface area contributed by atoms with Crippen LogP contribution in [0.25, 0.3) is 0 Å². The molecule has 1 aromatic rings. The first-order valence-electron chi connectivity index (χ1n) is 6.72. The quantitative estimate of drug-likeness (QED) is 0.523. The van der Waals surface area contributed by atoms with Crippen molar-refractivity contribution in [2.45, 2.75) is 64.9 Å². The molecule has 1 unspecified atom stereocenters. The summed E-state index contributed by atoms with van der Waals surface area (Å²) in [6.45, 7) is 6.16. The normalized spacial score (nSPS) is 12.4. The molecule has 0 aliphatic carbocycles. The van der Waals surface area contributed by atoms with Crippen LogP contribution in [0.4, 0.5) is 0 Å². The highest BCUT2D eigenvalue weighted by molar-refractivity contribution is 6.17. The molecule has 0 saturated carbocycles. The Labute approximate surface area is 115 Å². The van der Waals surface area contributed by atoms with E-state index in [4.69, 9.17) is 16.3 Å². The van der Waals surface area contributed by atoms with E-state index in [-0.39, 0.29) is 6.10 Å². The second-order valence-electron chi connectivity index (χ2n) is 4.66. The fourth-order valence-corrected chi connectivity index (χ4v) is 1.96. The molecular weight excluding hydrogens is 248 g/mol. The summed E-state index contributed by atoms with van der Waals surface area (Å²) >= 11 is 5.85. The van der Waals surface area contributed by atoms with Crippen LogP contribution in [-0.2, 0) is 5.88 Å². The largest absolute Gasteiger partial charge is 0.474 e. The van der Waals surface area contributed by atoms with Crippen LogP contribution in [0.5, 0.6) is 5.88 Å². The van der Waals surface area contributed by atoms with Gasteiger partial charge in [-0.15, -0.1) is 11.6 Å². The van der Waals surface area contributed by atoms with Crippen molar-refractivity contribution in [2.24, 2.45) is 0 Å². The molecule has 0 bridgehead atoms. The maximum absolute atomic E-state index is 5.86. The van der Waals surface area contributed by atoms with Crippen molar-refractivity contribution >= 4 is 11.6 Å². The molecule has 1 atom stereocenters. The number of alkyl halides is 1. The molecular formula is C14H23ClN2O. The molecule has 3 nitrogen and oxygen atoms in total. The molecule has 0 saturated heterocycles. The van der Waals surface area contributed by atoms with Gasteiger partial charge in [0.25, 0.3) is 0 Å². The summed E-state index contributed by atoms with van der Waals surface area (Å²) in [5.41, 5.74) is 0.864. The monoisotopic (exact) mass is 270 g/mol. The van der Waals surface area contributed by atoms with Gasteiger partial charge in [0.15, 0.2) is 0 Å². The average Bonchev–Trinajstić information content (AvgIpc) is 2.35. The summed E-state index contributed by atoms with van der Waals surface area (Å²) in [5.74, 6) is 1.75. The first-order chi connectivity index (χ1) is 8.67. The Balaban J connectivity index is 2.47. The minimum absolute atomic E-state index is 0.179. The second kappa shape index (κ2) is 8.30. The molecule has 4 heteroatoms. The molecule has 0 amide bonds. The third kappa shape index (κ3) is 5.21. The summed E-state index contributed by atoms with van der Waals surface area (Å²) < 4.78 is 5.86. The zero-order chi connectivity index (χ0) is 13.4. The van der Waals surface area contributed by atoms with Crippen LogP contribution in [0, 0.1) is 6.92 Å². The first-order valence-corrected chi connectivity index (χ1v) is 7.26. The van der Waals surface area contributed by atoms with Gasteiger partial charge in [-0.1, -0.05) is 26.2 Å². The summed E-state index contributed by atoms with van der Waals surface area (Å²) in [6, 6.07) is 0. The van der Waals surface area contributed by atoms with Gasteiger partial charge in [0, 0.05) is 11.8 Å². The van der Waals surface area contributed by atoms with E-state index in [1.807, 2.05) is 6.92 Å². The number of rotatable bonds is 8. The Bertz CT molecular complexity index is 358. The molecule has 1 heterocycles. The molecule has 102 valence electrons. The molecule has 1 aromatic heterocycles. The standard InChI is InChI=1S/C14H23ClN2O/c1-4-5-6-7-8-11(2)18-14-13(9-15)10-16-12(3)17-14/h10-11H,4-9H2,1-3H3. The van der Waals surface area contributed by atoms with Gasteiger partial charge >= 0.3 is 0 Å². The Morgan fingerprint density at radius 2 is 2.11 bits per heavy atom. The molecule has 0 aliphatic rings. The summed E-state index contributed by atoms with van der Waals surface area (Å²) in [6.07, 6.45) is 8.02. The molecule has 0 aliphatic heterocycles. The zero-order valence-electron chi connectivity index (χ0n) is 11.6. The van der Waals surface area contributed by atoms with Crippen molar-refractivity contribution in [2.75, 3.05) is 0 Å². The average molecular weight is 271 g/mol. The van der Waals surface area contributed by atoms with E-state index in [1.165, 1.54) is 25.7 Å². The summed E-state index contributed by atoms with van der Waals surface area (Å²) in [5, 5.41) is 0. The molecule has 0 fully saturated rings. The van der Waals surface area contributed by atoms with Crippen molar-refractivity contribution < 1.29 is 4.74 Å². The lowest BCUT2D eigenvalue weighted by Gasteiger charge is -2.15. The van der Waals surface area contributed by atoms with Crippen molar-refractivity contribution in [3.05, 3.63) is 17.6 Å². The van der Waals surface area contributed by atoms with Crippen molar-refractivity contribution in [3.8, 4) is 5.88 Å². The van der Waals surface area contributed by atoms with E-state index in [0.29, 0.717) is 11.8 Å². The topological polar surface area (TPSA) is 35.0 Å². The molecule has 0 radical (unpaired) electrons. The molecule has 0 N–H and O–H groups in total. The van der Waals surface area contributed by atoms with Gasteiger partial charge in [0.05, 0.1) is 12.0 Å². The molecule has 1 rings (SSSR count). The number of halogens is 1. The van der Waals surface area contributed by atoms with Crippen molar-refractivity contribution in [3.63, 3.8) is 0 Å². The van der Waals surface area contributed by atoms with Crippen molar-refractivity contribution in [1.82, 2.24) is 9.97 Å². The number of ether oxygens (including phenoxy) is 1. The number of hydrogen-bond acceptors (Lipinski definition) is 3. The SMILES string of the molecule is CCCCCCC(C)Oc1nc(C)ncc1CCl. The Morgan fingerprint density at radius 1 is 1.33 bits per heavy atom. The Kier molecular flexibility index (Phi) is 7.02. The maximum atomic E-state index is 5.86. The predicted octanol–water partition coefficient (Wildman–Crippen LogP) is 4.26. The maximum Gasteiger partial charge on any atom is 0.221 e. The van der Waals surface area contributed by atoms with E-state index in [1.54, 1.807) is 6.20 Å². The summed E-state index contributed by atoms with van der Waals surface area (Å²) in [7, 11) is 0. The zero-order valence-corrected chi connectivity index (χ0v) is 12.3. The summed E-state index contributed by atoms with van der Waals surface area (Å²) in [4.78, 5) is 8.44. The van der Waals surface area contributed by atoms with Crippen LogP contribution in [0.1, 0.15) is 57.3 Å². The number of hydrogen-bond donors (Lipinski definition) is 0. The van der Waals surface area contributed by atoms with Gasteiger partial charge in [0.1, 0.15) is 5.82 Å². The predicted molar refractivity (Wildman–Crippen MR) is 75.2 cm³/mol. The van der Waals surface area contributed by atoms with Crippen LogP contribution in [0.15, 0.2) is 6.20 Å².